The third kappa shape index (κ3) is 3.80. The van der Waals surface area contributed by atoms with Crippen LogP contribution < -0.4 is 5.43 Å². The zero-order chi connectivity index (χ0) is 21.1. The molecule has 1 amide bonds. The molecule has 0 aromatic heterocycles. The molecule has 1 aliphatic carbocycles. The second kappa shape index (κ2) is 8.27. The highest BCUT2D eigenvalue weighted by molar-refractivity contribution is 5.99. The number of nitrogens with zero attached hydrogens (tertiary/aromatic N) is 1. The summed E-state index contributed by atoms with van der Waals surface area (Å²) in [4.78, 5) is 13.0. The number of rotatable bonds is 6. The molecule has 0 radical (unpaired) electrons. The zero-order valence-electron chi connectivity index (χ0n) is 17.8. The van der Waals surface area contributed by atoms with Crippen molar-refractivity contribution in [3.63, 3.8) is 0 Å². The molecule has 0 saturated heterocycles. The van der Waals surface area contributed by atoms with E-state index in [2.05, 4.69) is 72.9 Å². The number of hydrogen-bond acceptors (Lipinski definition) is 2. The highest BCUT2D eigenvalue weighted by atomic mass is 16.2. The molecule has 3 aromatic carbocycles. The summed E-state index contributed by atoms with van der Waals surface area (Å²) in [6.07, 6.45) is 0.796. The minimum Gasteiger partial charge on any atom is -0.273 e. The van der Waals surface area contributed by atoms with Crippen LogP contribution in [0.4, 0.5) is 0 Å². The molecular weight excluding hydrogens is 368 g/mol. The van der Waals surface area contributed by atoms with Crippen LogP contribution in [0.5, 0.6) is 0 Å². The van der Waals surface area contributed by atoms with Gasteiger partial charge in [0.2, 0.25) is 5.91 Å². The van der Waals surface area contributed by atoms with E-state index in [0.717, 1.165) is 17.7 Å². The monoisotopic (exact) mass is 396 g/mol. The Balaban J connectivity index is 1.53. The van der Waals surface area contributed by atoms with E-state index >= 15 is 0 Å². The molecule has 0 spiro atoms. The summed E-state index contributed by atoms with van der Waals surface area (Å²) < 4.78 is 0. The second-order valence-electron chi connectivity index (χ2n) is 8.41. The lowest BCUT2D eigenvalue weighted by molar-refractivity contribution is -0.122. The maximum absolute atomic E-state index is 13.0. The van der Waals surface area contributed by atoms with Gasteiger partial charge in [-0.25, -0.2) is 5.43 Å². The zero-order valence-corrected chi connectivity index (χ0v) is 17.8. The van der Waals surface area contributed by atoms with Crippen LogP contribution >= 0.6 is 0 Å². The van der Waals surface area contributed by atoms with Gasteiger partial charge in [-0.15, -0.1) is 0 Å². The van der Waals surface area contributed by atoms with Crippen LogP contribution in [0.2, 0.25) is 0 Å². The Morgan fingerprint density at radius 2 is 1.43 bits per heavy atom. The third-order valence-corrected chi connectivity index (χ3v) is 6.18. The average Bonchev–Trinajstić information content (AvgIpc) is 3.56. The van der Waals surface area contributed by atoms with Gasteiger partial charge in [0, 0.05) is 5.41 Å². The number of benzene rings is 3. The van der Waals surface area contributed by atoms with Crippen molar-refractivity contribution in [1.29, 1.82) is 0 Å². The Bertz CT molecular complexity index is 998. The molecule has 30 heavy (non-hydrogen) atoms. The van der Waals surface area contributed by atoms with Crippen LogP contribution in [0.1, 0.15) is 55.4 Å². The highest BCUT2D eigenvalue weighted by Gasteiger charge is 2.60. The highest BCUT2D eigenvalue weighted by Crippen LogP contribution is 2.58. The Morgan fingerprint density at radius 1 is 0.900 bits per heavy atom. The minimum absolute atomic E-state index is 0.0270. The normalized spacial score (nSPS) is 17.6. The first-order valence-electron chi connectivity index (χ1n) is 10.6. The van der Waals surface area contributed by atoms with E-state index in [1.807, 2.05) is 43.3 Å². The van der Waals surface area contributed by atoms with Crippen molar-refractivity contribution in [3.05, 3.63) is 107 Å². The quantitative estimate of drug-likeness (QED) is 0.424. The van der Waals surface area contributed by atoms with Crippen molar-refractivity contribution in [1.82, 2.24) is 5.43 Å². The molecule has 3 aromatic rings. The third-order valence-electron chi connectivity index (χ3n) is 6.18. The van der Waals surface area contributed by atoms with Crippen molar-refractivity contribution in [2.45, 2.75) is 38.5 Å². The van der Waals surface area contributed by atoms with Crippen LogP contribution in [0.15, 0.2) is 90.0 Å². The van der Waals surface area contributed by atoms with Gasteiger partial charge in [-0.1, -0.05) is 98.8 Å². The number of hydrogen-bond donors (Lipinski definition) is 1. The number of hydrazone groups is 1. The number of amides is 1. The van der Waals surface area contributed by atoms with E-state index in [9.17, 15) is 4.79 Å². The maximum atomic E-state index is 13.0. The minimum atomic E-state index is -0.269. The molecule has 1 fully saturated rings. The van der Waals surface area contributed by atoms with Gasteiger partial charge in [0.1, 0.15) is 0 Å². The average molecular weight is 397 g/mol. The lowest BCUT2D eigenvalue weighted by Gasteiger charge is -2.18. The SMILES string of the molecule is CC(=NNC(=O)C1CC1(c1ccccc1)c1ccccc1)c1ccc(C(C)C)cc1. The van der Waals surface area contributed by atoms with Gasteiger partial charge >= 0.3 is 0 Å². The number of nitrogens with one attached hydrogen (secondary N) is 1. The van der Waals surface area contributed by atoms with Crippen molar-refractivity contribution in [3.8, 4) is 0 Å². The molecule has 1 unspecified atom stereocenters. The summed E-state index contributed by atoms with van der Waals surface area (Å²) in [6.45, 7) is 6.29. The van der Waals surface area contributed by atoms with Crippen LogP contribution in [0.3, 0.4) is 0 Å². The molecular formula is C27H28N2O. The van der Waals surface area contributed by atoms with Gasteiger partial charge in [0.15, 0.2) is 0 Å². The number of carbonyl (C=O) groups is 1. The fraction of sp³-hybridized carbons (Fsp3) is 0.259. The van der Waals surface area contributed by atoms with E-state index < -0.39 is 0 Å². The number of carbonyl (C=O) groups excluding carboxylic acids is 1. The molecule has 0 heterocycles. The molecule has 1 aliphatic rings. The van der Waals surface area contributed by atoms with E-state index in [4.69, 9.17) is 0 Å². The second-order valence-corrected chi connectivity index (χ2v) is 8.41. The molecule has 3 nitrogen and oxygen atoms in total. The Labute approximate surface area is 178 Å². The van der Waals surface area contributed by atoms with E-state index in [1.54, 1.807) is 0 Å². The molecule has 0 bridgehead atoms. The summed E-state index contributed by atoms with van der Waals surface area (Å²) in [7, 11) is 0. The maximum Gasteiger partial charge on any atom is 0.244 e. The molecule has 4 rings (SSSR count). The summed E-state index contributed by atoms with van der Waals surface area (Å²) in [5.41, 5.74) is 8.04. The summed E-state index contributed by atoms with van der Waals surface area (Å²) in [5, 5.41) is 4.40. The first-order chi connectivity index (χ1) is 14.5. The lowest BCUT2D eigenvalue weighted by Crippen LogP contribution is -2.26. The van der Waals surface area contributed by atoms with Crippen LogP contribution in [0.25, 0.3) is 0 Å². The fourth-order valence-corrected chi connectivity index (χ4v) is 4.25. The first kappa shape index (κ1) is 20.1. The topological polar surface area (TPSA) is 41.5 Å². The molecule has 0 aliphatic heterocycles. The summed E-state index contributed by atoms with van der Waals surface area (Å²) in [6, 6.07) is 29.0. The molecule has 1 N–H and O–H groups in total. The van der Waals surface area contributed by atoms with Gasteiger partial charge in [-0.2, -0.15) is 5.10 Å². The first-order valence-corrected chi connectivity index (χ1v) is 10.6. The fourth-order valence-electron chi connectivity index (χ4n) is 4.25. The van der Waals surface area contributed by atoms with Gasteiger partial charge < -0.3 is 0 Å². The van der Waals surface area contributed by atoms with Crippen LogP contribution in [-0.2, 0) is 10.2 Å². The molecule has 3 heteroatoms. The summed E-state index contributed by atoms with van der Waals surface area (Å²) in [5.74, 6) is 0.345. The van der Waals surface area contributed by atoms with E-state index in [1.165, 1.54) is 16.7 Å². The van der Waals surface area contributed by atoms with E-state index in [-0.39, 0.29) is 17.2 Å². The molecule has 1 atom stereocenters. The van der Waals surface area contributed by atoms with Crippen molar-refractivity contribution >= 4 is 11.6 Å². The smallest absolute Gasteiger partial charge is 0.244 e. The Morgan fingerprint density at radius 3 is 1.93 bits per heavy atom. The van der Waals surface area contributed by atoms with Crippen molar-refractivity contribution in [2.24, 2.45) is 11.0 Å². The summed E-state index contributed by atoms with van der Waals surface area (Å²) >= 11 is 0. The standard InChI is InChI=1S/C27H28N2O/c1-19(2)21-14-16-22(17-15-21)20(3)28-29-26(30)25-18-27(25,23-10-6-4-7-11-23)24-12-8-5-9-13-24/h4-17,19,25H,18H2,1-3H3,(H,29,30). The molecule has 1 saturated carbocycles. The van der Waals surface area contributed by atoms with Crippen molar-refractivity contribution in [2.75, 3.05) is 0 Å². The van der Waals surface area contributed by atoms with Gasteiger partial charge in [0.05, 0.1) is 11.6 Å². The Hall–Kier alpha value is -3.20. The largest absolute Gasteiger partial charge is 0.273 e. The van der Waals surface area contributed by atoms with E-state index in [0.29, 0.717) is 5.92 Å². The van der Waals surface area contributed by atoms with Gasteiger partial charge in [-0.05, 0) is 41.5 Å². The lowest BCUT2D eigenvalue weighted by atomic mass is 9.85. The van der Waals surface area contributed by atoms with Crippen molar-refractivity contribution < 1.29 is 4.79 Å². The Kier molecular flexibility index (Phi) is 5.54. The van der Waals surface area contributed by atoms with Crippen LogP contribution in [0, 0.1) is 5.92 Å². The predicted molar refractivity (Wildman–Crippen MR) is 123 cm³/mol. The van der Waals surface area contributed by atoms with Gasteiger partial charge in [-0.3, -0.25) is 4.79 Å². The van der Waals surface area contributed by atoms with Gasteiger partial charge in [0.25, 0.3) is 0 Å². The van der Waals surface area contributed by atoms with Crippen LogP contribution in [-0.4, -0.2) is 11.6 Å². The predicted octanol–water partition coefficient (Wildman–Crippen LogP) is 5.66. The molecule has 152 valence electrons.